The van der Waals surface area contributed by atoms with Gasteiger partial charge in [0.25, 0.3) is 5.56 Å². The Hall–Kier alpha value is -3.93. The molecule has 0 spiro atoms. The summed E-state index contributed by atoms with van der Waals surface area (Å²) < 4.78 is 27.4. The fraction of sp³-hybridized carbons (Fsp3) is 0.467. The second-order valence-electron chi connectivity index (χ2n) is 11.5. The Bertz CT molecular complexity index is 1540. The lowest BCUT2D eigenvalue weighted by atomic mass is 9.92. The molecule has 224 valence electrons. The van der Waals surface area contributed by atoms with Crippen LogP contribution < -0.4 is 15.8 Å². The molecule has 0 saturated carbocycles. The summed E-state index contributed by atoms with van der Waals surface area (Å²) in [5.41, 5.74) is 1.10. The van der Waals surface area contributed by atoms with Crippen molar-refractivity contribution < 1.29 is 22.8 Å². The molecule has 1 fully saturated rings. The van der Waals surface area contributed by atoms with Crippen LogP contribution in [0.15, 0.2) is 64.9 Å². The lowest BCUT2D eigenvalue weighted by Crippen LogP contribution is -2.50. The van der Waals surface area contributed by atoms with Crippen LogP contribution in [-0.2, 0) is 30.0 Å². The minimum Gasteiger partial charge on any atom is -0.379 e. The largest absolute Gasteiger partial charge is 0.379 e. The number of sulfone groups is 1. The Morgan fingerprint density at radius 3 is 2.38 bits per heavy atom. The van der Waals surface area contributed by atoms with Gasteiger partial charge in [-0.15, -0.1) is 0 Å². The first-order chi connectivity index (χ1) is 20.0. The maximum absolute atomic E-state index is 14.2. The second kappa shape index (κ2) is 12.1. The van der Waals surface area contributed by atoms with Gasteiger partial charge < -0.3 is 20.1 Å². The van der Waals surface area contributed by atoms with Crippen molar-refractivity contribution in [2.75, 3.05) is 37.6 Å². The molecule has 11 nitrogen and oxygen atoms in total. The first-order valence-corrected chi connectivity index (χ1v) is 16.1. The van der Waals surface area contributed by atoms with E-state index in [-0.39, 0.29) is 48.3 Å². The predicted molar refractivity (Wildman–Crippen MR) is 158 cm³/mol. The van der Waals surface area contributed by atoms with Gasteiger partial charge in [-0.25, -0.2) is 8.42 Å². The zero-order valence-electron chi connectivity index (χ0n) is 23.9. The molecular formula is C30H37N5O6S. The highest BCUT2D eigenvalue weighted by molar-refractivity contribution is 7.91. The highest BCUT2D eigenvalue weighted by Crippen LogP contribution is 2.37. The van der Waals surface area contributed by atoms with Gasteiger partial charge in [0.1, 0.15) is 11.1 Å². The standard InChI is InChI=1S/C30H37N5O6S/c1-20(2)15-22(16-26(37)34-13-11-33(12-14-34)23-8-4-3-5-9-23)30(39)35-27(17-24-28(35)25(36)18-32-24)42(40,41)19-21-7-6-10-31-29(21)38/h3-10,20,22,27,32H,11-19H2,1-2H3,(H,31,38). The lowest BCUT2D eigenvalue weighted by Gasteiger charge is -2.37. The van der Waals surface area contributed by atoms with Crippen molar-refractivity contribution in [1.82, 2.24) is 20.1 Å². The fourth-order valence-electron chi connectivity index (χ4n) is 6.03. The topological polar surface area (TPSA) is 140 Å². The zero-order chi connectivity index (χ0) is 30.0. The van der Waals surface area contributed by atoms with Crippen molar-refractivity contribution >= 4 is 33.1 Å². The zero-order valence-corrected chi connectivity index (χ0v) is 24.7. The fourth-order valence-corrected chi connectivity index (χ4v) is 7.84. The third kappa shape index (κ3) is 6.13. The van der Waals surface area contributed by atoms with E-state index < -0.39 is 38.3 Å². The van der Waals surface area contributed by atoms with E-state index in [2.05, 4.69) is 15.2 Å². The van der Waals surface area contributed by atoms with Gasteiger partial charge in [0.05, 0.1) is 12.3 Å². The van der Waals surface area contributed by atoms with Crippen molar-refractivity contribution in [3.05, 3.63) is 76.0 Å². The van der Waals surface area contributed by atoms with Crippen LogP contribution in [0.3, 0.4) is 0 Å². The van der Waals surface area contributed by atoms with E-state index in [1.807, 2.05) is 44.2 Å². The molecular weight excluding hydrogens is 558 g/mol. The molecule has 3 aliphatic rings. The molecule has 0 aliphatic carbocycles. The first-order valence-electron chi connectivity index (χ1n) is 14.3. The summed E-state index contributed by atoms with van der Waals surface area (Å²) in [7, 11) is -4.09. The molecule has 12 heteroatoms. The van der Waals surface area contributed by atoms with Gasteiger partial charge in [0.15, 0.2) is 15.6 Å². The number of nitrogens with zero attached hydrogens (tertiary/aromatic N) is 3. The molecule has 1 saturated heterocycles. The van der Waals surface area contributed by atoms with Gasteiger partial charge >= 0.3 is 0 Å². The number of rotatable bonds is 9. The number of para-hydroxylation sites is 1. The number of Topliss-reactive ketones (excluding diaryl/α,β-unsaturated/α-hetero) is 1. The summed E-state index contributed by atoms with van der Waals surface area (Å²) in [6, 6.07) is 12.9. The van der Waals surface area contributed by atoms with Crippen molar-refractivity contribution in [3.8, 4) is 0 Å². The molecule has 1 aromatic heterocycles. The molecule has 2 aromatic rings. The maximum atomic E-state index is 14.2. The van der Waals surface area contributed by atoms with Gasteiger partial charge in [0, 0.05) is 68.1 Å². The Morgan fingerprint density at radius 1 is 1.00 bits per heavy atom. The number of hydrogen-bond acceptors (Lipinski definition) is 8. The summed E-state index contributed by atoms with van der Waals surface area (Å²) >= 11 is 0. The van der Waals surface area contributed by atoms with Crippen LogP contribution in [0.25, 0.3) is 0 Å². The minimum atomic E-state index is -4.09. The van der Waals surface area contributed by atoms with Gasteiger partial charge in [-0.3, -0.25) is 24.1 Å². The van der Waals surface area contributed by atoms with Gasteiger partial charge in [0.2, 0.25) is 11.8 Å². The van der Waals surface area contributed by atoms with E-state index in [0.29, 0.717) is 38.3 Å². The summed E-state index contributed by atoms with van der Waals surface area (Å²) in [6.45, 7) is 6.23. The number of aromatic nitrogens is 1. The van der Waals surface area contributed by atoms with Crippen molar-refractivity contribution in [2.45, 2.75) is 44.2 Å². The number of aromatic amines is 1. The number of pyridine rings is 1. The molecule has 0 bridgehead atoms. The van der Waals surface area contributed by atoms with Crippen LogP contribution in [0.4, 0.5) is 5.69 Å². The molecule has 3 aliphatic heterocycles. The second-order valence-corrected chi connectivity index (χ2v) is 13.7. The molecule has 2 unspecified atom stereocenters. The highest BCUT2D eigenvalue weighted by atomic mass is 32.2. The average molecular weight is 596 g/mol. The van der Waals surface area contributed by atoms with E-state index in [4.69, 9.17) is 0 Å². The van der Waals surface area contributed by atoms with E-state index >= 15 is 0 Å². The molecule has 4 heterocycles. The number of H-pyrrole nitrogens is 1. The smallest absolute Gasteiger partial charge is 0.252 e. The number of nitrogens with one attached hydrogen (secondary N) is 2. The molecule has 2 N–H and O–H groups in total. The van der Waals surface area contributed by atoms with E-state index in [0.717, 1.165) is 10.6 Å². The average Bonchev–Trinajstić information content (AvgIpc) is 3.54. The third-order valence-corrected chi connectivity index (χ3v) is 10.0. The summed E-state index contributed by atoms with van der Waals surface area (Å²) in [6.07, 6.45) is 1.63. The Morgan fingerprint density at radius 2 is 1.71 bits per heavy atom. The number of anilines is 1. The van der Waals surface area contributed by atoms with Gasteiger partial charge in [-0.2, -0.15) is 0 Å². The predicted octanol–water partition coefficient (Wildman–Crippen LogP) is 1.63. The SMILES string of the molecule is CC(C)CC(CC(=O)N1CCN(c2ccccc2)CC1)C(=O)N1C2=C(CC1S(=O)(=O)Cc1ccc[nH]c1=O)NCC2=O. The number of ketones is 1. The first kappa shape index (κ1) is 29.6. The molecule has 1 aromatic carbocycles. The minimum absolute atomic E-state index is 0.0148. The Balaban J connectivity index is 1.35. The van der Waals surface area contributed by atoms with Crippen LogP contribution >= 0.6 is 0 Å². The van der Waals surface area contributed by atoms with E-state index in [1.54, 1.807) is 4.90 Å². The van der Waals surface area contributed by atoms with Crippen LogP contribution in [0.2, 0.25) is 0 Å². The van der Waals surface area contributed by atoms with Crippen molar-refractivity contribution in [3.63, 3.8) is 0 Å². The number of carbonyl (C=O) groups is 3. The van der Waals surface area contributed by atoms with Crippen LogP contribution in [0, 0.1) is 11.8 Å². The van der Waals surface area contributed by atoms with Crippen LogP contribution in [0.5, 0.6) is 0 Å². The Kier molecular flexibility index (Phi) is 8.53. The summed E-state index contributed by atoms with van der Waals surface area (Å²) in [5.74, 6) is -2.40. The van der Waals surface area contributed by atoms with Crippen molar-refractivity contribution in [1.29, 1.82) is 0 Å². The number of benzene rings is 1. The molecule has 5 rings (SSSR count). The van der Waals surface area contributed by atoms with Gasteiger partial charge in [-0.05, 0) is 30.5 Å². The van der Waals surface area contributed by atoms with Crippen molar-refractivity contribution in [2.24, 2.45) is 11.8 Å². The van der Waals surface area contributed by atoms with Crippen LogP contribution in [0.1, 0.15) is 38.7 Å². The number of piperazine rings is 1. The van der Waals surface area contributed by atoms with E-state index in [9.17, 15) is 27.6 Å². The number of amides is 2. The summed E-state index contributed by atoms with van der Waals surface area (Å²) in [5, 5.41) is 1.60. The molecule has 2 atom stereocenters. The van der Waals surface area contributed by atoms with Gasteiger partial charge in [-0.1, -0.05) is 38.1 Å². The molecule has 2 amide bonds. The quantitative estimate of drug-likeness (QED) is 0.446. The van der Waals surface area contributed by atoms with E-state index in [1.165, 1.54) is 18.3 Å². The number of carbonyl (C=O) groups excluding carboxylic acids is 3. The Labute approximate surface area is 245 Å². The highest BCUT2D eigenvalue weighted by Gasteiger charge is 2.49. The third-order valence-electron chi connectivity index (χ3n) is 8.11. The lowest BCUT2D eigenvalue weighted by molar-refractivity contribution is -0.141. The molecule has 0 radical (unpaired) electrons. The monoisotopic (exact) mass is 595 g/mol. The maximum Gasteiger partial charge on any atom is 0.252 e. The molecule has 42 heavy (non-hydrogen) atoms. The van der Waals surface area contributed by atoms with Crippen LogP contribution in [-0.4, -0.2) is 78.9 Å². The summed E-state index contributed by atoms with van der Waals surface area (Å²) in [4.78, 5) is 60.4. The normalized spacial score (nSPS) is 19.7. The number of hydrogen-bond donors (Lipinski definition) is 2.